The van der Waals surface area contributed by atoms with Gasteiger partial charge in [-0.05, 0) is 30.7 Å². The number of fused-ring (bicyclic) bond motifs is 1. The molecule has 0 spiro atoms. The Morgan fingerprint density at radius 2 is 2.00 bits per heavy atom. The first-order valence-electron chi connectivity index (χ1n) is 7.81. The summed E-state index contributed by atoms with van der Waals surface area (Å²) in [4.78, 5) is 28.7. The van der Waals surface area contributed by atoms with Gasteiger partial charge >= 0.3 is 5.97 Å². The monoisotopic (exact) mass is 357 g/mol. The summed E-state index contributed by atoms with van der Waals surface area (Å²) in [6.07, 6.45) is 3.08. The Labute approximate surface area is 149 Å². The highest BCUT2D eigenvalue weighted by molar-refractivity contribution is 6.30. The summed E-state index contributed by atoms with van der Waals surface area (Å²) < 4.78 is 1.63. The van der Waals surface area contributed by atoms with Gasteiger partial charge in [-0.2, -0.15) is 0 Å². The van der Waals surface area contributed by atoms with E-state index in [1.54, 1.807) is 40.9 Å². The number of aromatic nitrogens is 2. The Bertz CT molecular complexity index is 965. The van der Waals surface area contributed by atoms with Crippen molar-refractivity contribution >= 4 is 34.8 Å². The number of aryl methyl sites for hydroxylation is 1. The highest BCUT2D eigenvalue weighted by Crippen LogP contribution is 2.21. The third-order valence-corrected chi connectivity index (χ3v) is 3.99. The van der Waals surface area contributed by atoms with Crippen LogP contribution < -0.4 is 5.32 Å². The van der Waals surface area contributed by atoms with Crippen molar-refractivity contribution in [3.05, 3.63) is 64.6 Å². The maximum atomic E-state index is 12.9. The number of imidazole rings is 1. The maximum absolute atomic E-state index is 12.9. The number of nitrogens with one attached hydrogen (secondary N) is 1. The molecule has 128 valence electrons. The second-order valence-corrected chi connectivity index (χ2v) is 5.97. The molecule has 0 aliphatic rings. The van der Waals surface area contributed by atoms with E-state index in [0.717, 1.165) is 6.42 Å². The summed E-state index contributed by atoms with van der Waals surface area (Å²) in [5.41, 5.74) is 1.89. The number of aromatic carboxylic acids is 1. The van der Waals surface area contributed by atoms with Gasteiger partial charge in [-0.1, -0.05) is 37.1 Å². The van der Waals surface area contributed by atoms with Crippen LogP contribution in [0.1, 0.15) is 39.9 Å². The van der Waals surface area contributed by atoms with Gasteiger partial charge in [0.15, 0.2) is 0 Å². The van der Waals surface area contributed by atoms with Crippen LogP contribution >= 0.6 is 11.6 Å². The minimum Gasteiger partial charge on any atom is -0.478 e. The van der Waals surface area contributed by atoms with Crippen molar-refractivity contribution in [2.75, 3.05) is 5.32 Å². The van der Waals surface area contributed by atoms with E-state index in [1.165, 1.54) is 6.07 Å². The summed E-state index contributed by atoms with van der Waals surface area (Å²) in [5.74, 6) is -1.53. The summed E-state index contributed by atoms with van der Waals surface area (Å²) in [5, 5.41) is 12.4. The van der Waals surface area contributed by atoms with Crippen LogP contribution in [0.25, 0.3) is 5.65 Å². The summed E-state index contributed by atoms with van der Waals surface area (Å²) in [7, 11) is 0. The summed E-state index contributed by atoms with van der Waals surface area (Å²) in [6, 6.07) is 9.72. The molecule has 2 heterocycles. The van der Waals surface area contributed by atoms with Gasteiger partial charge in [0.1, 0.15) is 11.3 Å². The van der Waals surface area contributed by atoms with Crippen LogP contribution in [0.15, 0.2) is 42.6 Å². The van der Waals surface area contributed by atoms with Crippen LogP contribution in [0.4, 0.5) is 5.69 Å². The number of amides is 1. The summed E-state index contributed by atoms with van der Waals surface area (Å²) >= 11 is 6.05. The number of rotatable bonds is 5. The quantitative estimate of drug-likeness (QED) is 0.725. The third kappa shape index (κ3) is 3.34. The highest BCUT2D eigenvalue weighted by Gasteiger charge is 2.21. The molecule has 6 nitrogen and oxygen atoms in total. The molecule has 0 saturated heterocycles. The first-order valence-corrected chi connectivity index (χ1v) is 8.19. The van der Waals surface area contributed by atoms with E-state index in [0.29, 0.717) is 28.5 Å². The predicted molar refractivity (Wildman–Crippen MR) is 95.6 cm³/mol. The second kappa shape index (κ2) is 6.94. The minimum atomic E-state index is -1.11. The van der Waals surface area contributed by atoms with Crippen molar-refractivity contribution in [1.82, 2.24) is 9.38 Å². The van der Waals surface area contributed by atoms with Gasteiger partial charge in [0, 0.05) is 6.20 Å². The smallest absolute Gasteiger partial charge is 0.337 e. The predicted octanol–water partition coefficient (Wildman–Crippen LogP) is 3.89. The number of nitrogens with zero attached hydrogens (tertiary/aromatic N) is 2. The number of hydrogen-bond acceptors (Lipinski definition) is 3. The van der Waals surface area contributed by atoms with Crippen molar-refractivity contribution in [3.63, 3.8) is 0 Å². The van der Waals surface area contributed by atoms with Crippen molar-refractivity contribution in [2.45, 2.75) is 19.8 Å². The SMILES string of the molecule is CCCc1nc2ccc(Cl)cn2c1C(=O)Nc1ccccc1C(=O)O. The fourth-order valence-corrected chi connectivity index (χ4v) is 2.84. The Morgan fingerprint density at radius 1 is 1.24 bits per heavy atom. The van der Waals surface area contributed by atoms with E-state index < -0.39 is 11.9 Å². The minimum absolute atomic E-state index is 0.0275. The highest BCUT2D eigenvalue weighted by atomic mass is 35.5. The van der Waals surface area contributed by atoms with E-state index in [-0.39, 0.29) is 11.3 Å². The Hall–Kier alpha value is -2.86. The van der Waals surface area contributed by atoms with Crippen molar-refractivity contribution in [3.8, 4) is 0 Å². The van der Waals surface area contributed by atoms with E-state index in [2.05, 4.69) is 10.3 Å². The molecule has 0 saturated carbocycles. The van der Waals surface area contributed by atoms with Gasteiger partial charge in [-0.15, -0.1) is 0 Å². The van der Waals surface area contributed by atoms with E-state index in [4.69, 9.17) is 11.6 Å². The molecule has 2 N–H and O–H groups in total. The van der Waals surface area contributed by atoms with Crippen LogP contribution in [0, 0.1) is 0 Å². The van der Waals surface area contributed by atoms with Crippen LogP contribution in [-0.4, -0.2) is 26.4 Å². The lowest BCUT2D eigenvalue weighted by atomic mass is 10.1. The number of para-hydroxylation sites is 1. The van der Waals surface area contributed by atoms with Gasteiger partial charge in [0.2, 0.25) is 0 Å². The van der Waals surface area contributed by atoms with Crippen LogP contribution in [-0.2, 0) is 6.42 Å². The molecule has 0 aliphatic heterocycles. The lowest BCUT2D eigenvalue weighted by molar-refractivity contribution is 0.0698. The van der Waals surface area contributed by atoms with Crippen LogP contribution in [0.2, 0.25) is 5.02 Å². The van der Waals surface area contributed by atoms with E-state index in [1.807, 2.05) is 6.92 Å². The molecule has 25 heavy (non-hydrogen) atoms. The van der Waals surface area contributed by atoms with Gasteiger partial charge < -0.3 is 10.4 Å². The van der Waals surface area contributed by atoms with Crippen molar-refractivity contribution in [2.24, 2.45) is 0 Å². The summed E-state index contributed by atoms with van der Waals surface area (Å²) in [6.45, 7) is 2.00. The Kier molecular flexibility index (Phi) is 4.72. The largest absolute Gasteiger partial charge is 0.478 e. The molecule has 0 radical (unpaired) electrons. The van der Waals surface area contributed by atoms with Crippen molar-refractivity contribution in [1.29, 1.82) is 0 Å². The average molecular weight is 358 g/mol. The number of carboxylic acids is 1. The van der Waals surface area contributed by atoms with Gasteiger partial charge in [0.05, 0.1) is 22.0 Å². The van der Waals surface area contributed by atoms with E-state index >= 15 is 0 Å². The molecule has 3 rings (SSSR count). The fraction of sp³-hybridized carbons (Fsp3) is 0.167. The van der Waals surface area contributed by atoms with Gasteiger partial charge in [-0.25, -0.2) is 9.78 Å². The number of halogens is 1. The van der Waals surface area contributed by atoms with E-state index in [9.17, 15) is 14.7 Å². The molecule has 1 amide bonds. The van der Waals surface area contributed by atoms with Gasteiger partial charge in [-0.3, -0.25) is 9.20 Å². The third-order valence-electron chi connectivity index (χ3n) is 3.76. The van der Waals surface area contributed by atoms with Crippen LogP contribution in [0.3, 0.4) is 0 Å². The molecule has 0 aliphatic carbocycles. The zero-order valence-corrected chi connectivity index (χ0v) is 14.2. The molecule has 2 aromatic heterocycles. The molecular formula is C18H16ClN3O3. The van der Waals surface area contributed by atoms with Crippen molar-refractivity contribution < 1.29 is 14.7 Å². The Morgan fingerprint density at radius 3 is 2.72 bits per heavy atom. The first-order chi connectivity index (χ1) is 12.0. The first kappa shape index (κ1) is 17.0. The normalized spacial score (nSPS) is 10.8. The number of carbonyl (C=O) groups excluding carboxylic acids is 1. The second-order valence-electron chi connectivity index (χ2n) is 5.54. The Balaban J connectivity index is 2.06. The standard InChI is InChI=1S/C18H16ClN3O3/c1-2-5-14-16(22-10-11(19)8-9-15(22)20-14)17(23)21-13-7-4-3-6-12(13)18(24)25/h3-4,6-10H,2,5H2,1H3,(H,21,23)(H,24,25). The van der Waals surface area contributed by atoms with Crippen LogP contribution in [0.5, 0.6) is 0 Å². The molecule has 1 aromatic carbocycles. The zero-order valence-electron chi connectivity index (χ0n) is 13.5. The average Bonchev–Trinajstić information content (AvgIpc) is 2.92. The number of hydrogen-bond donors (Lipinski definition) is 2. The molecule has 0 bridgehead atoms. The number of pyridine rings is 1. The molecule has 7 heteroatoms. The molecular weight excluding hydrogens is 342 g/mol. The lowest BCUT2D eigenvalue weighted by Crippen LogP contribution is -2.18. The molecule has 3 aromatic rings. The number of anilines is 1. The molecule has 0 atom stereocenters. The maximum Gasteiger partial charge on any atom is 0.337 e. The number of carboxylic acid groups (broad SMARTS) is 1. The lowest BCUT2D eigenvalue weighted by Gasteiger charge is -2.09. The molecule has 0 fully saturated rings. The fourth-order valence-electron chi connectivity index (χ4n) is 2.68. The van der Waals surface area contributed by atoms with Gasteiger partial charge in [0.25, 0.3) is 5.91 Å². The number of carbonyl (C=O) groups is 2. The molecule has 0 unspecified atom stereocenters. The topological polar surface area (TPSA) is 83.7 Å². The zero-order chi connectivity index (χ0) is 18.0. The number of benzene rings is 1.